The molecule has 0 aliphatic carbocycles. The van der Waals surface area contributed by atoms with Crippen molar-refractivity contribution in [2.45, 2.75) is 39.5 Å². The summed E-state index contributed by atoms with van der Waals surface area (Å²) in [6.07, 6.45) is 5.80. The summed E-state index contributed by atoms with van der Waals surface area (Å²) >= 11 is 0. The number of methoxy groups -OCH3 is 1. The molecular formula is C20H28N6O. The average Bonchev–Trinajstić information content (AvgIpc) is 3.13. The van der Waals surface area contributed by atoms with Gasteiger partial charge in [0, 0.05) is 32.3 Å². The van der Waals surface area contributed by atoms with Crippen LogP contribution in [0.5, 0.6) is 0 Å². The van der Waals surface area contributed by atoms with Crippen LogP contribution in [0.25, 0.3) is 0 Å². The van der Waals surface area contributed by atoms with E-state index < -0.39 is 0 Å². The van der Waals surface area contributed by atoms with Crippen molar-refractivity contribution < 1.29 is 4.74 Å². The van der Waals surface area contributed by atoms with Gasteiger partial charge >= 0.3 is 0 Å². The number of hydrogen-bond donors (Lipinski definition) is 1. The summed E-state index contributed by atoms with van der Waals surface area (Å²) in [4.78, 5) is 6.74. The van der Waals surface area contributed by atoms with Gasteiger partial charge in [0.25, 0.3) is 5.95 Å². The molecule has 7 nitrogen and oxygen atoms in total. The van der Waals surface area contributed by atoms with Crippen LogP contribution in [0.3, 0.4) is 0 Å². The Hall–Kier alpha value is -2.54. The lowest BCUT2D eigenvalue weighted by molar-refractivity contribution is 0.200. The Balaban J connectivity index is 1.91. The zero-order valence-corrected chi connectivity index (χ0v) is 16.5. The molecule has 0 fully saturated rings. The van der Waals surface area contributed by atoms with Crippen LogP contribution in [-0.4, -0.2) is 42.0 Å². The van der Waals surface area contributed by atoms with E-state index in [0.717, 1.165) is 49.4 Å². The van der Waals surface area contributed by atoms with E-state index in [1.807, 2.05) is 6.08 Å². The zero-order valence-electron chi connectivity index (χ0n) is 16.5. The number of benzene rings is 1. The van der Waals surface area contributed by atoms with Crippen molar-refractivity contribution in [2.75, 3.05) is 31.7 Å². The van der Waals surface area contributed by atoms with Gasteiger partial charge in [0.1, 0.15) is 5.82 Å². The molecule has 1 aliphatic rings. The Labute approximate surface area is 160 Å². The third-order valence-corrected chi connectivity index (χ3v) is 4.89. The van der Waals surface area contributed by atoms with E-state index in [1.165, 1.54) is 16.8 Å². The smallest absolute Gasteiger partial charge is 0.287 e. The summed E-state index contributed by atoms with van der Waals surface area (Å²) in [5.74, 6) is 1.11. The average molecular weight is 368 g/mol. The first-order valence-corrected chi connectivity index (χ1v) is 9.51. The highest BCUT2D eigenvalue weighted by atomic mass is 16.5. The summed E-state index contributed by atoms with van der Waals surface area (Å²) in [5.41, 5.74) is 6.05. The second-order valence-corrected chi connectivity index (χ2v) is 6.74. The molecule has 1 aliphatic heterocycles. The number of rotatable bonds is 8. The fourth-order valence-electron chi connectivity index (χ4n) is 3.63. The normalized spacial score (nSPS) is 14.0. The summed E-state index contributed by atoms with van der Waals surface area (Å²) < 4.78 is 5.06. The van der Waals surface area contributed by atoms with Crippen molar-refractivity contribution >= 4 is 17.3 Å². The number of hydrogen-bond acceptors (Lipinski definition) is 6. The van der Waals surface area contributed by atoms with Gasteiger partial charge in [0.15, 0.2) is 0 Å². The first-order valence-electron chi connectivity index (χ1n) is 9.51. The maximum Gasteiger partial charge on any atom is 0.287 e. The lowest BCUT2D eigenvalue weighted by Gasteiger charge is -2.32. The van der Waals surface area contributed by atoms with Crippen molar-refractivity contribution in [3.05, 3.63) is 41.2 Å². The van der Waals surface area contributed by atoms with Gasteiger partial charge in [-0.2, -0.15) is 4.98 Å². The Kier molecular flexibility index (Phi) is 6.34. The molecule has 1 aromatic carbocycles. The number of nitrogens with zero attached hydrogens (tertiary/aromatic N) is 5. The maximum atomic E-state index is 5.06. The molecule has 0 saturated carbocycles. The Morgan fingerprint density at radius 2 is 2.26 bits per heavy atom. The van der Waals surface area contributed by atoms with Crippen LogP contribution in [0.1, 0.15) is 35.9 Å². The van der Waals surface area contributed by atoms with E-state index in [9.17, 15) is 0 Å². The lowest BCUT2D eigenvalue weighted by atomic mass is 9.91. The molecule has 0 unspecified atom stereocenters. The molecule has 0 radical (unpaired) electrons. The van der Waals surface area contributed by atoms with Crippen LogP contribution in [-0.2, 0) is 24.0 Å². The fourth-order valence-corrected chi connectivity index (χ4v) is 3.63. The van der Waals surface area contributed by atoms with Crippen LogP contribution < -0.4 is 4.90 Å². The minimum Gasteiger partial charge on any atom is -0.384 e. The molecule has 3 rings (SSSR count). The number of nitrogens with one attached hydrogen (secondary N) is 1. The number of anilines is 1. The number of fused-ring (bicyclic) bond motifs is 1. The van der Waals surface area contributed by atoms with Crippen LogP contribution in [0, 0.1) is 6.92 Å². The summed E-state index contributed by atoms with van der Waals surface area (Å²) in [6.45, 7) is 10.7. The van der Waals surface area contributed by atoms with Gasteiger partial charge in [0.05, 0.1) is 12.3 Å². The topological polar surface area (TPSA) is 78.8 Å². The summed E-state index contributed by atoms with van der Waals surface area (Å²) in [7, 11) is 1.66. The third-order valence-electron chi connectivity index (χ3n) is 4.89. The van der Waals surface area contributed by atoms with E-state index in [1.54, 1.807) is 7.11 Å². The van der Waals surface area contributed by atoms with Crippen LogP contribution in [0.4, 0.5) is 17.3 Å². The predicted octanol–water partition coefficient (Wildman–Crippen LogP) is 4.22. The number of aryl methyl sites for hydroxylation is 1. The van der Waals surface area contributed by atoms with Crippen molar-refractivity contribution in [2.24, 2.45) is 10.2 Å². The monoisotopic (exact) mass is 368 g/mol. The highest BCUT2D eigenvalue weighted by molar-refractivity contribution is 5.69. The summed E-state index contributed by atoms with van der Waals surface area (Å²) in [5, 5.41) is 15.8. The van der Waals surface area contributed by atoms with Crippen molar-refractivity contribution in [1.82, 2.24) is 15.2 Å². The Bertz CT molecular complexity index is 826. The standard InChI is InChI=1S/C20H28N6O/c1-5-10-26-11-7-8-16-15(6-2)19(14(3)13-17(16)26)23-25-20-21-18(22-24-20)9-12-27-4/h5,13H,1,6-12H2,2-4H3,(H,21,22,24). The highest BCUT2D eigenvalue weighted by Gasteiger charge is 2.22. The number of aromatic nitrogens is 3. The Morgan fingerprint density at radius 3 is 3.00 bits per heavy atom. The quantitative estimate of drug-likeness (QED) is 0.559. The molecule has 1 N–H and O–H groups in total. The molecule has 2 heterocycles. The predicted molar refractivity (Wildman–Crippen MR) is 107 cm³/mol. The number of azo groups is 1. The van der Waals surface area contributed by atoms with E-state index >= 15 is 0 Å². The fraction of sp³-hybridized carbons (Fsp3) is 0.500. The van der Waals surface area contributed by atoms with Gasteiger partial charge in [-0.25, -0.2) is 0 Å². The van der Waals surface area contributed by atoms with Crippen LogP contribution in [0.2, 0.25) is 0 Å². The molecule has 27 heavy (non-hydrogen) atoms. The van der Waals surface area contributed by atoms with Crippen molar-refractivity contribution in [3.63, 3.8) is 0 Å². The second-order valence-electron chi connectivity index (χ2n) is 6.74. The van der Waals surface area contributed by atoms with E-state index in [2.05, 4.69) is 56.8 Å². The molecule has 0 spiro atoms. The molecule has 0 amide bonds. The molecule has 1 aromatic heterocycles. The van der Waals surface area contributed by atoms with E-state index in [-0.39, 0.29) is 0 Å². The molecular weight excluding hydrogens is 340 g/mol. The minimum absolute atomic E-state index is 0.355. The minimum atomic E-state index is 0.355. The SMILES string of the molecule is C=CCN1CCCc2c1cc(C)c(N=Nc1n[nH]c(CCOC)n1)c2CC. The number of H-pyrrole nitrogens is 1. The molecule has 0 saturated heterocycles. The largest absolute Gasteiger partial charge is 0.384 e. The second kappa shape index (κ2) is 8.90. The van der Waals surface area contributed by atoms with E-state index in [0.29, 0.717) is 19.0 Å². The van der Waals surface area contributed by atoms with Gasteiger partial charge in [-0.05, 0) is 48.9 Å². The third kappa shape index (κ3) is 4.24. The first-order chi connectivity index (χ1) is 13.2. The zero-order chi connectivity index (χ0) is 19.2. The van der Waals surface area contributed by atoms with Gasteiger partial charge < -0.3 is 9.64 Å². The van der Waals surface area contributed by atoms with Crippen LogP contribution >= 0.6 is 0 Å². The van der Waals surface area contributed by atoms with Gasteiger partial charge in [0.2, 0.25) is 0 Å². The number of ether oxygens (including phenoxy) is 1. The lowest BCUT2D eigenvalue weighted by Crippen LogP contribution is -2.30. The number of aromatic amines is 1. The van der Waals surface area contributed by atoms with E-state index in [4.69, 9.17) is 4.74 Å². The van der Waals surface area contributed by atoms with Gasteiger partial charge in [-0.1, -0.05) is 13.0 Å². The first kappa shape index (κ1) is 19.2. The Morgan fingerprint density at radius 1 is 1.41 bits per heavy atom. The molecule has 0 atom stereocenters. The van der Waals surface area contributed by atoms with Crippen LogP contribution in [0.15, 0.2) is 28.9 Å². The molecule has 7 heteroatoms. The maximum absolute atomic E-state index is 5.06. The highest BCUT2D eigenvalue weighted by Crippen LogP contribution is 2.38. The van der Waals surface area contributed by atoms with Crippen molar-refractivity contribution in [1.29, 1.82) is 0 Å². The molecule has 144 valence electrons. The van der Waals surface area contributed by atoms with Gasteiger partial charge in [-0.3, -0.25) is 5.10 Å². The molecule has 2 aromatic rings. The van der Waals surface area contributed by atoms with Gasteiger partial charge in [-0.15, -0.1) is 21.9 Å². The van der Waals surface area contributed by atoms with Crippen molar-refractivity contribution in [3.8, 4) is 0 Å². The summed E-state index contributed by atoms with van der Waals surface area (Å²) in [6, 6.07) is 2.23. The molecule has 0 bridgehead atoms.